The van der Waals surface area contributed by atoms with Crippen LogP contribution in [0.1, 0.15) is 15.9 Å². The molecule has 0 aliphatic rings. The number of benzene rings is 2. The second-order valence-corrected chi connectivity index (χ2v) is 5.91. The van der Waals surface area contributed by atoms with E-state index in [4.69, 9.17) is 25.8 Å². The molecule has 0 heterocycles. The molecule has 0 radical (unpaired) electrons. The second kappa shape index (κ2) is 10.2. The van der Waals surface area contributed by atoms with Crippen LogP contribution in [0, 0.1) is 0 Å². The Labute approximate surface area is 164 Å². The lowest BCUT2D eigenvalue weighted by Gasteiger charge is -2.16. The Morgan fingerprint density at radius 2 is 1.64 bits per heavy atom. The van der Waals surface area contributed by atoms with E-state index in [0.717, 1.165) is 0 Å². The highest BCUT2D eigenvalue weighted by molar-refractivity contribution is 6.18. The van der Waals surface area contributed by atoms with Gasteiger partial charge >= 0.3 is 12.3 Å². The standard InChI is InChI=1S/C19H18ClF3O5/c1-25-15-8-4-14(5-9-15)18(24)27-12-17(10-20)26-11-13-2-6-16(7-3-13)28-19(21,22)23/h2-9,17H,10-12H2,1H3. The van der Waals surface area contributed by atoms with Crippen LogP contribution in [0.2, 0.25) is 0 Å². The average molecular weight is 419 g/mol. The van der Waals surface area contributed by atoms with Crippen molar-refractivity contribution in [1.82, 2.24) is 0 Å². The highest BCUT2D eigenvalue weighted by atomic mass is 35.5. The molecule has 9 heteroatoms. The fraction of sp³-hybridized carbons (Fsp3) is 0.316. The van der Waals surface area contributed by atoms with Gasteiger partial charge in [-0.05, 0) is 42.0 Å². The third-order valence-electron chi connectivity index (χ3n) is 3.54. The van der Waals surface area contributed by atoms with Crippen molar-refractivity contribution in [2.75, 3.05) is 19.6 Å². The molecule has 0 aliphatic carbocycles. The minimum atomic E-state index is -4.74. The lowest BCUT2D eigenvalue weighted by Crippen LogP contribution is -2.23. The summed E-state index contributed by atoms with van der Waals surface area (Å²) in [6, 6.07) is 11.7. The van der Waals surface area contributed by atoms with Crippen LogP contribution >= 0.6 is 11.6 Å². The van der Waals surface area contributed by atoms with Crippen molar-refractivity contribution in [3.05, 3.63) is 59.7 Å². The van der Waals surface area contributed by atoms with Crippen LogP contribution in [0.15, 0.2) is 48.5 Å². The lowest BCUT2D eigenvalue weighted by atomic mass is 10.2. The van der Waals surface area contributed by atoms with E-state index < -0.39 is 18.4 Å². The highest BCUT2D eigenvalue weighted by Gasteiger charge is 2.30. The van der Waals surface area contributed by atoms with E-state index in [2.05, 4.69) is 4.74 Å². The predicted molar refractivity (Wildman–Crippen MR) is 95.7 cm³/mol. The van der Waals surface area contributed by atoms with Crippen LogP contribution in [0.4, 0.5) is 13.2 Å². The molecule has 0 aromatic heterocycles. The number of ether oxygens (including phenoxy) is 4. The van der Waals surface area contributed by atoms with E-state index in [1.165, 1.54) is 31.4 Å². The van der Waals surface area contributed by atoms with Gasteiger partial charge in [0.1, 0.15) is 24.2 Å². The molecule has 0 aliphatic heterocycles. The number of halogens is 4. The maximum absolute atomic E-state index is 12.1. The van der Waals surface area contributed by atoms with Crippen molar-refractivity contribution >= 4 is 17.6 Å². The normalized spacial score (nSPS) is 12.3. The van der Waals surface area contributed by atoms with E-state index in [1.54, 1.807) is 24.3 Å². The van der Waals surface area contributed by atoms with Crippen LogP contribution in [0.5, 0.6) is 11.5 Å². The Hall–Kier alpha value is -2.45. The first-order valence-electron chi connectivity index (χ1n) is 8.14. The third kappa shape index (κ3) is 7.28. The molecule has 1 unspecified atom stereocenters. The predicted octanol–water partition coefficient (Wildman–Crippen LogP) is 4.57. The third-order valence-corrected chi connectivity index (χ3v) is 3.88. The molecular weight excluding hydrogens is 401 g/mol. The molecule has 2 rings (SSSR count). The van der Waals surface area contributed by atoms with Gasteiger partial charge in [0.05, 0.1) is 25.2 Å². The van der Waals surface area contributed by atoms with Crippen molar-refractivity contribution in [3.63, 3.8) is 0 Å². The van der Waals surface area contributed by atoms with E-state index in [0.29, 0.717) is 16.9 Å². The minimum absolute atomic E-state index is 0.0658. The lowest BCUT2D eigenvalue weighted by molar-refractivity contribution is -0.274. The molecular formula is C19H18ClF3O5. The summed E-state index contributed by atoms with van der Waals surface area (Å²) >= 11 is 5.82. The van der Waals surface area contributed by atoms with Gasteiger partial charge < -0.3 is 18.9 Å². The Morgan fingerprint density at radius 3 is 2.18 bits per heavy atom. The van der Waals surface area contributed by atoms with E-state index in [1.807, 2.05) is 0 Å². The van der Waals surface area contributed by atoms with Gasteiger partial charge in [-0.15, -0.1) is 24.8 Å². The van der Waals surface area contributed by atoms with Crippen molar-refractivity contribution in [3.8, 4) is 11.5 Å². The van der Waals surface area contributed by atoms with Crippen molar-refractivity contribution in [2.24, 2.45) is 0 Å². The van der Waals surface area contributed by atoms with Gasteiger partial charge in [-0.3, -0.25) is 0 Å². The average Bonchev–Trinajstić information content (AvgIpc) is 2.68. The molecule has 1 atom stereocenters. The number of carbonyl (C=O) groups excluding carboxylic acids is 1. The number of alkyl halides is 4. The first kappa shape index (κ1) is 21.8. The second-order valence-electron chi connectivity index (χ2n) is 5.61. The molecule has 2 aromatic carbocycles. The van der Waals surface area contributed by atoms with Crippen LogP contribution in [0.3, 0.4) is 0 Å². The van der Waals surface area contributed by atoms with E-state index in [-0.39, 0.29) is 24.8 Å². The Bertz CT molecular complexity index is 748. The summed E-state index contributed by atoms with van der Waals surface area (Å²) in [7, 11) is 1.52. The Morgan fingerprint density at radius 1 is 1.04 bits per heavy atom. The maximum atomic E-state index is 12.1. The molecule has 0 saturated carbocycles. The minimum Gasteiger partial charge on any atom is -0.497 e. The first-order chi connectivity index (χ1) is 13.3. The van der Waals surface area contributed by atoms with E-state index >= 15 is 0 Å². The quantitative estimate of drug-likeness (QED) is 0.441. The number of esters is 1. The van der Waals surface area contributed by atoms with Crippen LogP contribution in [-0.2, 0) is 16.1 Å². The summed E-state index contributed by atoms with van der Waals surface area (Å²) in [5, 5.41) is 0. The SMILES string of the molecule is COc1ccc(C(=O)OCC(CCl)OCc2ccc(OC(F)(F)F)cc2)cc1. The zero-order valence-corrected chi connectivity index (χ0v) is 15.6. The van der Waals surface area contributed by atoms with Crippen molar-refractivity contribution < 1.29 is 36.9 Å². The molecule has 0 saturated heterocycles. The number of hydrogen-bond acceptors (Lipinski definition) is 5. The topological polar surface area (TPSA) is 54.0 Å². The maximum Gasteiger partial charge on any atom is 0.573 e. The van der Waals surface area contributed by atoms with Gasteiger partial charge in [0, 0.05) is 0 Å². The number of rotatable bonds is 9. The molecule has 0 N–H and O–H groups in total. The van der Waals surface area contributed by atoms with Gasteiger partial charge in [-0.25, -0.2) is 4.79 Å². The number of methoxy groups -OCH3 is 1. The monoisotopic (exact) mass is 418 g/mol. The van der Waals surface area contributed by atoms with Gasteiger partial charge in [0.2, 0.25) is 0 Å². The van der Waals surface area contributed by atoms with Gasteiger partial charge in [0.15, 0.2) is 0 Å². The zero-order valence-electron chi connectivity index (χ0n) is 14.9. The molecule has 5 nitrogen and oxygen atoms in total. The van der Waals surface area contributed by atoms with Gasteiger partial charge in [0.25, 0.3) is 0 Å². The molecule has 0 bridgehead atoms. The molecule has 0 spiro atoms. The molecule has 2 aromatic rings. The smallest absolute Gasteiger partial charge is 0.497 e. The van der Waals surface area contributed by atoms with Crippen molar-refractivity contribution in [1.29, 1.82) is 0 Å². The van der Waals surface area contributed by atoms with Gasteiger partial charge in [-0.2, -0.15) is 0 Å². The zero-order chi connectivity index (χ0) is 20.6. The molecule has 0 amide bonds. The fourth-order valence-corrected chi connectivity index (χ4v) is 2.30. The molecule has 152 valence electrons. The first-order valence-corrected chi connectivity index (χ1v) is 8.67. The fourth-order valence-electron chi connectivity index (χ4n) is 2.12. The summed E-state index contributed by atoms with van der Waals surface area (Å²) in [5.74, 6) is -0.163. The van der Waals surface area contributed by atoms with Gasteiger partial charge in [-0.1, -0.05) is 12.1 Å². The number of carbonyl (C=O) groups is 1. The Balaban J connectivity index is 1.81. The molecule has 0 fully saturated rings. The summed E-state index contributed by atoms with van der Waals surface area (Å²) in [6.45, 7) is 0.0212. The molecule has 28 heavy (non-hydrogen) atoms. The van der Waals surface area contributed by atoms with Crippen LogP contribution in [0.25, 0.3) is 0 Å². The summed E-state index contributed by atoms with van der Waals surface area (Å²) in [6.07, 6.45) is -5.31. The number of hydrogen-bond donors (Lipinski definition) is 0. The summed E-state index contributed by atoms with van der Waals surface area (Å²) in [4.78, 5) is 12.0. The van der Waals surface area contributed by atoms with Crippen LogP contribution < -0.4 is 9.47 Å². The van der Waals surface area contributed by atoms with Crippen molar-refractivity contribution in [2.45, 2.75) is 19.1 Å². The van der Waals surface area contributed by atoms with Crippen LogP contribution in [-0.4, -0.2) is 38.0 Å². The Kier molecular flexibility index (Phi) is 7.95. The largest absolute Gasteiger partial charge is 0.573 e. The highest BCUT2D eigenvalue weighted by Crippen LogP contribution is 2.23. The van der Waals surface area contributed by atoms with E-state index in [9.17, 15) is 18.0 Å². The summed E-state index contributed by atoms with van der Waals surface area (Å²) in [5.41, 5.74) is 0.973. The summed E-state index contributed by atoms with van der Waals surface area (Å²) < 4.78 is 56.0.